The number of aliphatic hydroxyl groups excluding tert-OH is 1. The highest BCUT2D eigenvalue weighted by molar-refractivity contribution is 9.10. The van der Waals surface area contributed by atoms with Crippen molar-refractivity contribution in [3.63, 3.8) is 0 Å². The van der Waals surface area contributed by atoms with Gasteiger partial charge in [-0.3, -0.25) is 4.98 Å². The van der Waals surface area contributed by atoms with Crippen molar-refractivity contribution in [2.75, 3.05) is 7.11 Å². The lowest BCUT2D eigenvalue weighted by Gasteiger charge is -2.14. The fourth-order valence-corrected chi connectivity index (χ4v) is 2.42. The summed E-state index contributed by atoms with van der Waals surface area (Å²) < 4.78 is 6.10. The molecule has 19 heavy (non-hydrogen) atoms. The van der Waals surface area contributed by atoms with Crippen LogP contribution >= 0.6 is 27.5 Å². The van der Waals surface area contributed by atoms with Gasteiger partial charge in [-0.25, -0.2) is 0 Å². The summed E-state index contributed by atoms with van der Waals surface area (Å²) in [4.78, 5) is 4.04. The Hall–Kier alpha value is -1.10. The zero-order chi connectivity index (χ0) is 13.8. The van der Waals surface area contributed by atoms with Crippen molar-refractivity contribution >= 4 is 27.5 Å². The van der Waals surface area contributed by atoms with E-state index in [1.165, 1.54) is 0 Å². The first-order chi connectivity index (χ1) is 9.10. The number of hydrogen-bond acceptors (Lipinski definition) is 3. The molecular weight excluding hydrogens is 330 g/mol. The van der Waals surface area contributed by atoms with Gasteiger partial charge in [0, 0.05) is 33.9 Å². The maximum Gasteiger partial charge on any atom is 0.122 e. The van der Waals surface area contributed by atoms with Crippen LogP contribution in [0.4, 0.5) is 0 Å². The number of hydrogen-bond donors (Lipinski definition) is 1. The predicted octanol–water partition coefficient (Wildman–Crippen LogP) is 3.78. The maximum absolute atomic E-state index is 10.2. The number of aromatic nitrogens is 1. The summed E-state index contributed by atoms with van der Waals surface area (Å²) >= 11 is 9.31. The normalized spacial score (nSPS) is 12.2. The monoisotopic (exact) mass is 341 g/mol. The second-order valence-electron chi connectivity index (χ2n) is 4.11. The molecule has 1 N–H and O–H groups in total. The van der Waals surface area contributed by atoms with Crippen molar-refractivity contribution < 1.29 is 9.84 Å². The molecule has 2 aromatic rings. The zero-order valence-corrected chi connectivity index (χ0v) is 12.6. The molecule has 5 heteroatoms. The second kappa shape index (κ2) is 6.37. The van der Waals surface area contributed by atoms with Crippen LogP contribution in [0.25, 0.3) is 0 Å². The third-order valence-corrected chi connectivity index (χ3v) is 3.44. The Labute approximate surface area is 125 Å². The van der Waals surface area contributed by atoms with Crippen molar-refractivity contribution in [2.24, 2.45) is 0 Å². The second-order valence-corrected chi connectivity index (χ2v) is 5.46. The van der Waals surface area contributed by atoms with E-state index in [-0.39, 0.29) is 0 Å². The first-order valence-corrected chi connectivity index (χ1v) is 6.88. The molecule has 0 amide bonds. The van der Waals surface area contributed by atoms with Crippen molar-refractivity contribution in [1.82, 2.24) is 4.98 Å². The molecule has 1 atom stereocenters. The Morgan fingerprint density at radius 3 is 2.84 bits per heavy atom. The van der Waals surface area contributed by atoms with Crippen LogP contribution in [0.1, 0.15) is 17.2 Å². The number of pyridine rings is 1. The molecule has 1 aromatic heterocycles. The molecule has 0 aliphatic heterocycles. The third kappa shape index (κ3) is 3.69. The summed E-state index contributed by atoms with van der Waals surface area (Å²) in [6.07, 6.45) is 3.09. The Kier molecular flexibility index (Phi) is 4.80. The van der Waals surface area contributed by atoms with Gasteiger partial charge < -0.3 is 9.84 Å². The van der Waals surface area contributed by atoms with Crippen LogP contribution in [0.3, 0.4) is 0 Å². The molecule has 1 unspecified atom stereocenters. The van der Waals surface area contributed by atoms with Gasteiger partial charge >= 0.3 is 0 Å². The number of benzene rings is 1. The van der Waals surface area contributed by atoms with Gasteiger partial charge in [-0.15, -0.1) is 0 Å². The van der Waals surface area contributed by atoms with E-state index in [2.05, 4.69) is 20.9 Å². The summed E-state index contributed by atoms with van der Waals surface area (Å²) in [5.41, 5.74) is 1.61. The molecule has 2 rings (SSSR count). The Bertz CT molecular complexity index is 577. The van der Waals surface area contributed by atoms with Gasteiger partial charge in [0.15, 0.2) is 0 Å². The molecule has 0 saturated carbocycles. The molecule has 100 valence electrons. The molecule has 0 radical (unpaired) electrons. The average molecular weight is 343 g/mol. The molecule has 1 aromatic carbocycles. The molecule has 0 spiro atoms. The lowest BCUT2D eigenvalue weighted by atomic mass is 10.0. The van der Waals surface area contributed by atoms with Gasteiger partial charge in [-0.1, -0.05) is 11.6 Å². The molecule has 1 heterocycles. The van der Waals surface area contributed by atoms with Gasteiger partial charge in [0.1, 0.15) is 5.75 Å². The lowest BCUT2D eigenvalue weighted by Crippen LogP contribution is -2.04. The van der Waals surface area contributed by atoms with Crippen LogP contribution in [0.15, 0.2) is 41.1 Å². The van der Waals surface area contributed by atoms with E-state index in [0.29, 0.717) is 17.2 Å². The van der Waals surface area contributed by atoms with Crippen molar-refractivity contribution in [3.8, 4) is 5.75 Å². The predicted molar refractivity (Wildman–Crippen MR) is 78.6 cm³/mol. The SMILES string of the molecule is COc1ccc(Cl)cc1CC(O)c1cncc(Br)c1. The zero-order valence-electron chi connectivity index (χ0n) is 10.3. The largest absolute Gasteiger partial charge is 0.496 e. The maximum atomic E-state index is 10.2. The van der Waals surface area contributed by atoms with E-state index in [9.17, 15) is 5.11 Å². The van der Waals surface area contributed by atoms with Crippen LogP contribution in [0, 0.1) is 0 Å². The van der Waals surface area contributed by atoms with Gasteiger partial charge in [-0.05, 0) is 45.8 Å². The highest BCUT2D eigenvalue weighted by atomic mass is 79.9. The minimum atomic E-state index is -0.655. The topological polar surface area (TPSA) is 42.4 Å². The molecule has 3 nitrogen and oxygen atoms in total. The minimum Gasteiger partial charge on any atom is -0.496 e. The van der Waals surface area contributed by atoms with Crippen molar-refractivity contribution in [2.45, 2.75) is 12.5 Å². The molecule has 0 aliphatic rings. The lowest BCUT2D eigenvalue weighted by molar-refractivity contribution is 0.177. The average Bonchev–Trinajstić information content (AvgIpc) is 2.39. The standard InChI is InChI=1S/C14H13BrClNO2/c1-19-14-3-2-12(16)5-9(14)6-13(18)10-4-11(15)8-17-7-10/h2-5,7-8,13,18H,6H2,1H3. The van der Waals surface area contributed by atoms with Crippen LogP contribution in [-0.2, 0) is 6.42 Å². The first kappa shape index (κ1) is 14.3. The first-order valence-electron chi connectivity index (χ1n) is 5.71. The Morgan fingerprint density at radius 1 is 1.37 bits per heavy atom. The molecule has 0 saturated heterocycles. The number of rotatable bonds is 4. The van der Waals surface area contributed by atoms with E-state index in [4.69, 9.17) is 16.3 Å². The van der Waals surface area contributed by atoms with E-state index in [0.717, 1.165) is 15.6 Å². The summed E-state index contributed by atoms with van der Waals surface area (Å²) in [6.45, 7) is 0. The van der Waals surface area contributed by atoms with Crippen LogP contribution in [-0.4, -0.2) is 17.2 Å². The number of aliphatic hydroxyl groups is 1. The number of nitrogens with zero attached hydrogens (tertiary/aromatic N) is 1. The van der Waals surface area contributed by atoms with Gasteiger partial charge in [0.25, 0.3) is 0 Å². The highest BCUT2D eigenvalue weighted by Gasteiger charge is 2.13. The van der Waals surface area contributed by atoms with Crippen LogP contribution < -0.4 is 4.74 Å². The van der Waals surface area contributed by atoms with Gasteiger partial charge in [-0.2, -0.15) is 0 Å². The van der Waals surface area contributed by atoms with Crippen LogP contribution in [0.2, 0.25) is 5.02 Å². The fourth-order valence-electron chi connectivity index (χ4n) is 1.84. The van der Waals surface area contributed by atoms with Crippen molar-refractivity contribution in [3.05, 3.63) is 57.3 Å². The van der Waals surface area contributed by atoms with Gasteiger partial charge in [0.05, 0.1) is 13.2 Å². The van der Waals surface area contributed by atoms with Crippen LogP contribution in [0.5, 0.6) is 5.75 Å². The summed E-state index contributed by atoms with van der Waals surface area (Å²) in [7, 11) is 1.60. The van der Waals surface area contributed by atoms with E-state index in [1.54, 1.807) is 37.7 Å². The summed E-state index contributed by atoms with van der Waals surface area (Å²) in [5, 5.41) is 10.9. The smallest absolute Gasteiger partial charge is 0.122 e. The summed E-state index contributed by atoms with van der Waals surface area (Å²) in [5.74, 6) is 0.714. The minimum absolute atomic E-state index is 0.419. The van der Waals surface area contributed by atoms with Gasteiger partial charge in [0.2, 0.25) is 0 Å². The molecule has 0 fully saturated rings. The molecular formula is C14H13BrClNO2. The summed E-state index contributed by atoms with van der Waals surface area (Å²) in [6, 6.07) is 7.20. The van der Waals surface area contributed by atoms with E-state index >= 15 is 0 Å². The quantitative estimate of drug-likeness (QED) is 0.919. The number of ether oxygens (including phenoxy) is 1. The third-order valence-electron chi connectivity index (χ3n) is 2.77. The van der Waals surface area contributed by atoms with E-state index < -0.39 is 6.10 Å². The highest BCUT2D eigenvalue weighted by Crippen LogP contribution is 2.28. The Morgan fingerprint density at radius 2 is 2.16 bits per heavy atom. The van der Waals surface area contributed by atoms with Crippen molar-refractivity contribution in [1.29, 1.82) is 0 Å². The molecule has 0 bridgehead atoms. The number of halogens is 2. The fraction of sp³-hybridized carbons (Fsp3) is 0.214. The Balaban J connectivity index is 2.23. The number of methoxy groups -OCH3 is 1. The van der Waals surface area contributed by atoms with E-state index in [1.807, 2.05) is 6.07 Å². The molecule has 0 aliphatic carbocycles.